The predicted octanol–water partition coefficient (Wildman–Crippen LogP) is 3.27. The van der Waals surface area contributed by atoms with Gasteiger partial charge in [-0.25, -0.2) is 0 Å². The largest absolute Gasteiger partial charge is 0.495 e. The Morgan fingerprint density at radius 2 is 1.54 bits per heavy atom. The lowest BCUT2D eigenvalue weighted by molar-refractivity contribution is 0.0746. The van der Waals surface area contributed by atoms with Crippen LogP contribution < -0.4 is 9.64 Å². The number of carbonyl (C=O) groups is 1. The highest BCUT2D eigenvalue weighted by atomic mass is 16.5. The molecular weight excluding hydrogens is 300 g/mol. The minimum Gasteiger partial charge on any atom is -0.495 e. The Balaban J connectivity index is 1.69. The lowest BCUT2D eigenvalue weighted by Gasteiger charge is -2.36. The number of hydrogen-bond acceptors (Lipinski definition) is 3. The standard InChI is InChI=1S/C20H24N2O2/c1-15-4-7-17(8-5-15)20(23)22-12-10-21(11-13-22)18-14-16(2)6-9-19(18)24-3/h4-9,14H,10-13H2,1-3H3. The maximum Gasteiger partial charge on any atom is 0.253 e. The molecule has 24 heavy (non-hydrogen) atoms. The summed E-state index contributed by atoms with van der Waals surface area (Å²) in [5.74, 6) is 1.00. The molecule has 0 spiro atoms. The molecule has 4 nitrogen and oxygen atoms in total. The number of methoxy groups -OCH3 is 1. The van der Waals surface area contributed by atoms with E-state index in [2.05, 4.69) is 24.0 Å². The normalized spacial score (nSPS) is 14.6. The van der Waals surface area contributed by atoms with Gasteiger partial charge >= 0.3 is 0 Å². The molecule has 0 bridgehead atoms. The van der Waals surface area contributed by atoms with Crippen LogP contribution in [-0.2, 0) is 0 Å². The average Bonchev–Trinajstić information content (AvgIpc) is 2.62. The molecule has 0 radical (unpaired) electrons. The summed E-state index contributed by atoms with van der Waals surface area (Å²) >= 11 is 0. The first-order valence-corrected chi connectivity index (χ1v) is 8.34. The molecule has 1 saturated heterocycles. The minimum absolute atomic E-state index is 0.117. The molecular formula is C20H24N2O2. The third-order valence-electron chi connectivity index (χ3n) is 4.54. The number of piperazine rings is 1. The van der Waals surface area contributed by atoms with Gasteiger partial charge in [0.05, 0.1) is 12.8 Å². The van der Waals surface area contributed by atoms with E-state index in [0.29, 0.717) is 0 Å². The maximum absolute atomic E-state index is 12.6. The van der Waals surface area contributed by atoms with E-state index in [9.17, 15) is 4.79 Å². The molecule has 4 heteroatoms. The van der Waals surface area contributed by atoms with Crippen molar-refractivity contribution < 1.29 is 9.53 Å². The molecule has 2 aromatic carbocycles. The number of carbonyl (C=O) groups excluding carboxylic acids is 1. The molecule has 0 aliphatic carbocycles. The molecule has 2 aromatic rings. The summed E-state index contributed by atoms with van der Waals surface area (Å²) < 4.78 is 5.49. The minimum atomic E-state index is 0.117. The van der Waals surface area contributed by atoms with Gasteiger partial charge in [0.15, 0.2) is 0 Å². The van der Waals surface area contributed by atoms with Crippen LogP contribution in [0.1, 0.15) is 21.5 Å². The fraction of sp³-hybridized carbons (Fsp3) is 0.350. The van der Waals surface area contributed by atoms with Gasteiger partial charge in [0.25, 0.3) is 5.91 Å². The van der Waals surface area contributed by atoms with Crippen molar-refractivity contribution in [1.29, 1.82) is 0 Å². The number of nitrogens with zero attached hydrogens (tertiary/aromatic N) is 2. The van der Waals surface area contributed by atoms with E-state index in [1.165, 1.54) is 11.1 Å². The molecule has 0 saturated carbocycles. The summed E-state index contributed by atoms with van der Waals surface area (Å²) in [7, 11) is 1.70. The van der Waals surface area contributed by atoms with E-state index in [-0.39, 0.29) is 5.91 Å². The van der Waals surface area contributed by atoms with Crippen LogP contribution >= 0.6 is 0 Å². The highest BCUT2D eigenvalue weighted by Crippen LogP contribution is 2.30. The second-order valence-electron chi connectivity index (χ2n) is 6.32. The van der Waals surface area contributed by atoms with Crippen molar-refractivity contribution in [3.63, 3.8) is 0 Å². The third kappa shape index (κ3) is 3.37. The van der Waals surface area contributed by atoms with Gasteiger partial charge < -0.3 is 14.5 Å². The molecule has 1 heterocycles. The van der Waals surface area contributed by atoms with Crippen LogP contribution in [0.5, 0.6) is 5.75 Å². The molecule has 1 fully saturated rings. The summed E-state index contributed by atoms with van der Waals surface area (Å²) in [4.78, 5) is 16.8. The highest BCUT2D eigenvalue weighted by molar-refractivity contribution is 5.94. The molecule has 126 valence electrons. The quantitative estimate of drug-likeness (QED) is 0.869. The molecule has 0 unspecified atom stereocenters. The Kier molecular flexibility index (Phi) is 4.74. The van der Waals surface area contributed by atoms with E-state index in [0.717, 1.165) is 43.2 Å². The Morgan fingerprint density at radius 1 is 0.917 bits per heavy atom. The first kappa shape index (κ1) is 16.4. The van der Waals surface area contributed by atoms with Crippen LogP contribution in [0.3, 0.4) is 0 Å². The van der Waals surface area contributed by atoms with Gasteiger partial charge in [-0.3, -0.25) is 4.79 Å². The Hall–Kier alpha value is -2.49. The van der Waals surface area contributed by atoms with Gasteiger partial charge in [-0.1, -0.05) is 23.8 Å². The fourth-order valence-electron chi connectivity index (χ4n) is 3.08. The molecule has 0 aromatic heterocycles. The Bertz CT molecular complexity index is 717. The first-order valence-electron chi connectivity index (χ1n) is 8.34. The van der Waals surface area contributed by atoms with Crippen molar-refractivity contribution in [2.24, 2.45) is 0 Å². The lowest BCUT2D eigenvalue weighted by Crippen LogP contribution is -2.48. The van der Waals surface area contributed by atoms with Crippen molar-refractivity contribution in [1.82, 2.24) is 4.90 Å². The van der Waals surface area contributed by atoms with E-state index >= 15 is 0 Å². The smallest absolute Gasteiger partial charge is 0.253 e. The predicted molar refractivity (Wildman–Crippen MR) is 97.0 cm³/mol. The van der Waals surface area contributed by atoms with Crippen LogP contribution in [0.25, 0.3) is 0 Å². The summed E-state index contributed by atoms with van der Waals surface area (Å²) in [6, 6.07) is 14.0. The second kappa shape index (κ2) is 6.95. The van der Waals surface area contributed by atoms with Gasteiger partial charge in [0.2, 0.25) is 0 Å². The van der Waals surface area contributed by atoms with Crippen molar-refractivity contribution >= 4 is 11.6 Å². The molecule has 1 amide bonds. The zero-order valence-corrected chi connectivity index (χ0v) is 14.6. The van der Waals surface area contributed by atoms with Crippen molar-refractivity contribution in [3.05, 3.63) is 59.2 Å². The average molecular weight is 324 g/mol. The molecule has 0 atom stereocenters. The van der Waals surface area contributed by atoms with E-state index in [4.69, 9.17) is 4.74 Å². The number of hydrogen-bond donors (Lipinski definition) is 0. The zero-order valence-electron chi connectivity index (χ0n) is 14.6. The summed E-state index contributed by atoms with van der Waals surface area (Å²) in [6.07, 6.45) is 0. The second-order valence-corrected chi connectivity index (χ2v) is 6.32. The molecule has 1 aliphatic heterocycles. The van der Waals surface area contributed by atoms with E-state index in [1.807, 2.05) is 42.2 Å². The number of ether oxygens (including phenoxy) is 1. The fourth-order valence-corrected chi connectivity index (χ4v) is 3.08. The van der Waals surface area contributed by atoms with Crippen molar-refractivity contribution in [2.45, 2.75) is 13.8 Å². The van der Waals surface area contributed by atoms with E-state index in [1.54, 1.807) is 7.11 Å². The zero-order chi connectivity index (χ0) is 17.1. The van der Waals surface area contributed by atoms with Crippen LogP contribution in [0, 0.1) is 13.8 Å². The van der Waals surface area contributed by atoms with Crippen molar-refractivity contribution in [2.75, 3.05) is 38.2 Å². The molecule has 3 rings (SSSR count). The first-order chi connectivity index (χ1) is 11.6. The lowest BCUT2D eigenvalue weighted by atomic mass is 10.1. The Morgan fingerprint density at radius 3 is 2.17 bits per heavy atom. The number of amides is 1. The maximum atomic E-state index is 12.6. The summed E-state index contributed by atoms with van der Waals surface area (Å²) in [5.41, 5.74) is 4.26. The number of aryl methyl sites for hydroxylation is 2. The van der Waals surface area contributed by atoms with Gasteiger partial charge in [0.1, 0.15) is 5.75 Å². The van der Waals surface area contributed by atoms with Crippen LogP contribution in [0.4, 0.5) is 5.69 Å². The van der Waals surface area contributed by atoms with E-state index < -0.39 is 0 Å². The van der Waals surface area contributed by atoms with Gasteiger partial charge in [-0.05, 0) is 43.7 Å². The topological polar surface area (TPSA) is 32.8 Å². The van der Waals surface area contributed by atoms with Crippen LogP contribution in [0.2, 0.25) is 0 Å². The van der Waals surface area contributed by atoms with Gasteiger partial charge in [0, 0.05) is 31.7 Å². The van der Waals surface area contributed by atoms with Crippen LogP contribution in [-0.4, -0.2) is 44.1 Å². The van der Waals surface area contributed by atoms with Gasteiger partial charge in [-0.2, -0.15) is 0 Å². The summed E-state index contributed by atoms with van der Waals surface area (Å²) in [6.45, 7) is 7.20. The van der Waals surface area contributed by atoms with Crippen molar-refractivity contribution in [3.8, 4) is 5.75 Å². The third-order valence-corrected chi connectivity index (χ3v) is 4.54. The summed E-state index contributed by atoms with van der Waals surface area (Å²) in [5, 5.41) is 0. The van der Waals surface area contributed by atoms with Crippen LogP contribution in [0.15, 0.2) is 42.5 Å². The molecule has 1 aliphatic rings. The van der Waals surface area contributed by atoms with Gasteiger partial charge in [-0.15, -0.1) is 0 Å². The SMILES string of the molecule is COc1ccc(C)cc1N1CCN(C(=O)c2ccc(C)cc2)CC1. The Labute approximate surface area is 143 Å². The number of anilines is 1. The number of benzene rings is 2. The highest BCUT2D eigenvalue weighted by Gasteiger charge is 2.23. The monoisotopic (exact) mass is 324 g/mol. The number of rotatable bonds is 3. The molecule has 0 N–H and O–H groups in total.